The molecule has 0 aromatic heterocycles. The quantitative estimate of drug-likeness (QED) is 0.694. The SMILES string of the molecule is COC[C@](C)(O)CNC(=O)NCc1ccc(OC)cc1. The molecular formula is C14H22N2O4. The Morgan fingerprint density at radius 2 is 1.90 bits per heavy atom. The fourth-order valence-corrected chi connectivity index (χ4v) is 1.62. The lowest BCUT2D eigenvalue weighted by molar-refractivity contribution is -0.0136. The van der Waals surface area contributed by atoms with Gasteiger partial charge in [0.15, 0.2) is 0 Å². The number of carbonyl (C=O) groups excluding carboxylic acids is 1. The van der Waals surface area contributed by atoms with Crippen LogP contribution in [-0.2, 0) is 11.3 Å². The van der Waals surface area contributed by atoms with Gasteiger partial charge in [0.1, 0.15) is 11.4 Å². The maximum absolute atomic E-state index is 11.6. The summed E-state index contributed by atoms with van der Waals surface area (Å²) < 4.78 is 9.91. The van der Waals surface area contributed by atoms with Crippen molar-refractivity contribution in [3.63, 3.8) is 0 Å². The van der Waals surface area contributed by atoms with Crippen molar-refractivity contribution in [2.24, 2.45) is 0 Å². The van der Waals surface area contributed by atoms with Crippen molar-refractivity contribution in [2.75, 3.05) is 27.4 Å². The third kappa shape index (κ3) is 5.90. The van der Waals surface area contributed by atoms with E-state index in [0.717, 1.165) is 11.3 Å². The molecule has 112 valence electrons. The zero-order valence-corrected chi connectivity index (χ0v) is 12.1. The molecule has 0 saturated heterocycles. The number of carbonyl (C=O) groups is 1. The highest BCUT2D eigenvalue weighted by Crippen LogP contribution is 2.10. The summed E-state index contributed by atoms with van der Waals surface area (Å²) in [4.78, 5) is 11.6. The molecule has 0 bridgehead atoms. The summed E-state index contributed by atoms with van der Waals surface area (Å²) in [6, 6.07) is 7.08. The summed E-state index contributed by atoms with van der Waals surface area (Å²) in [5, 5.41) is 15.1. The third-order valence-corrected chi connectivity index (χ3v) is 2.70. The number of rotatable bonds is 7. The van der Waals surface area contributed by atoms with E-state index in [4.69, 9.17) is 9.47 Å². The van der Waals surface area contributed by atoms with Crippen LogP contribution in [0.4, 0.5) is 4.79 Å². The van der Waals surface area contributed by atoms with Gasteiger partial charge in [0, 0.05) is 13.7 Å². The lowest BCUT2D eigenvalue weighted by Gasteiger charge is -2.22. The van der Waals surface area contributed by atoms with Crippen LogP contribution in [0.2, 0.25) is 0 Å². The Balaban J connectivity index is 2.32. The van der Waals surface area contributed by atoms with Gasteiger partial charge in [0.25, 0.3) is 0 Å². The molecule has 0 heterocycles. The van der Waals surface area contributed by atoms with Gasteiger partial charge in [-0.2, -0.15) is 0 Å². The monoisotopic (exact) mass is 282 g/mol. The summed E-state index contributed by atoms with van der Waals surface area (Å²) in [5.41, 5.74) is -0.115. The highest BCUT2D eigenvalue weighted by molar-refractivity contribution is 5.73. The number of aliphatic hydroxyl groups is 1. The summed E-state index contributed by atoms with van der Waals surface area (Å²) in [6.07, 6.45) is 0. The standard InChI is InChI=1S/C14H22N2O4/c1-14(18,10-19-2)9-16-13(17)15-8-11-4-6-12(20-3)7-5-11/h4-7,18H,8-10H2,1-3H3,(H2,15,16,17)/t14-/m1/s1. The molecule has 0 unspecified atom stereocenters. The van der Waals surface area contributed by atoms with Gasteiger partial charge in [-0.25, -0.2) is 4.79 Å². The third-order valence-electron chi connectivity index (χ3n) is 2.70. The van der Waals surface area contributed by atoms with Crippen molar-refractivity contribution in [3.8, 4) is 5.75 Å². The van der Waals surface area contributed by atoms with Gasteiger partial charge in [0.2, 0.25) is 0 Å². The van der Waals surface area contributed by atoms with E-state index < -0.39 is 5.60 Å². The molecule has 0 aliphatic heterocycles. The molecule has 6 heteroatoms. The van der Waals surface area contributed by atoms with Crippen LogP contribution >= 0.6 is 0 Å². The molecule has 1 aromatic rings. The van der Waals surface area contributed by atoms with E-state index in [9.17, 15) is 9.90 Å². The minimum Gasteiger partial charge on any atom is -0.497 e. The van der Waals surface area contributed by atoms with Crippen molar-refractivity contribution in [1.82, 2.24) is 10.6 Å². The molecule has 3 N–H and O–H groups in total. The van der Waals surface area contributed by atoms with Crippen LogP contribution < -0.4 is 15.4 Å². The summed E-state index contributed by atoms with van der Waals surface area (Å²) >= 11 is 0. The molecule has 0 aliphatic rings. The number of urea groups is 1. The zero-order chi connectivity index (χ0) is 15.0. The van der Waals surface area contributed by atoms with Crippen LogP contribution in [0.1, 0.15) is 12.5 Å². The molecule has 20 heavy (non-hydrogen) atoms. The van der Waals surface area contributed by atoms with Crippen LogP contribution in [0.25, 0.3) is 0 Å². The first-order valence-corrected chi connectivity index (χ1v) is 6.33. The van der Waals surface area contributed by atoms with E-state index in [1.807, 2.05) is 24.3 Å². The first kappa shape index (κ1) is 16.3. The molecule has 6 nitrogen and oxygen atoms in total. The summed E-state index contributed by atoms with van der Waals surface area (Å²) in [6.45, 7) is 2.28. The molecule has 1 atom stereocenters. The fraction of sp³-hybridized carbons (Fsp3) is 0.500. The van der Waals surface area contributed by atoms with E-state index in [2.05, 4.69) is 10.6 Å². The Morgan fingerprint density at radius 3 is 2.45 bits per heavy atom. The second-order valence-electron chi connectivity index (χ2n) is 4.81. The van der Waals surface area contributed by atoms with Crippen molar-refractivity contribution in [3.05, 3.63) is 29.8 Å². The first-order chi connectivity index (χ1) is 9.46. The Hall–Kier alpha value is -1.79. The average molecular weight is 282 g/mol. The summed E-state index contributed by atoms with van der Waals surface area (Å²) in [7, 11) is 3.10. The minimum atomic E-state index is -1.08. The predicted molar refractivity (Wildman–Crippen MR) is 75.7 cm³/mol. The number of hydrogen-bond acceptors (Lipinski definition) is 4. The largest absolute Gasteiger partial charge is 0.497 e. The number of hydrogen-bond donors (Lipinski definition) is 3. The zero-order valence-electron chi connectivity index (χ0n) is 12.1. The van der Waals surface area contributed by atoms with Gasteiger partial charge in [0.05, 0.1) is 20.3 Å². The van der Waals surface area contributed by atoms with Crippen molar-refractivity contribution in [2.45, 2.75) is 19.1 Å². The predicted octanol–water partition coefficient (Wildman–Crippen LogP) is 0.892. The fourth-order valence-electron chi connectivity index (χ4n) is 1.62. The Labute approximate surface area is 119 Å². The number of amides is 2. The molecule has 0 saturated carbocycles. The normalized spacial score (nSPS) is 13.4. The maximum Gasteiger partial charge on any atom is 0.315 e. The Kier molecular flexibility index (Phi) is 6.27. The van der Waals surface area contributed by atoms with Gasteiger partial charge in [-0.3, -0.25) is 0 Å². The topological polar surface area (TPSA) is 79.8 Å². The molecule has 1 aromatic carbocycles. The van der Waals surface area contributed by atoms with Gasteiger partial charge in [-0.15, -0.1) is 0 Å². The Bertz CT molecular complexity index is 418. The van der Waals surface area contributed by atoms with Gasteiger partial charge in [-0.1, -0.05) is 12.1 Å². The van der Waals surface area contributed by atoms with Crippen LogP contribution in [0.3, 0.4) is 0 Å². The molecule has 1 rings (SSSR count). The van der Waals surface area contributed by atoms with Crippen LogP contribution in [0, 0.1) is 0 Å². The first-order valence-electron chi connectivity index (χ1n) is 6.33. The van der Waals surface area contributed by atoms with E-state index in [0.29, 0.717) is 6.54 Å². The van der Waals surface area contributed by atoms with E-state index in [-0.39, 0.29) is 19.2 Å². The van der Waals surface area contributed by atoms with Crippen LogP contribution in [0.5, 0.6) is 5.75 Å². The second kappa shape index (κ2) is 7.72. The van der Waals surface area contributed by atoms with Crippen LogP contribution in [-0.4, -0.2) is 44.1 Å². The molecule has 0 spiro atoms. The highest BCUT2D eigenvalue weighted by atomic mass is 16.5. The van der Waals surface area contributed by atoms with Gasteiger partial charge >= 0.3 is 6.03 Å². The molecule has 0 fully saturated rings. The number of methoxy groups -OCH3 is 2. The van der Waals surface area contributed by atoms with E-state index in [1.54, 1.807) is 14.0 Å². The smallest absolute Gasteiger partial charge is 0.315 e. The molecular weight excluding hydrogens is 260 g/mol. The number of nitrogens with one attached hydrogen (secondary N) is 2. The molecule has 0 aliphatic carbocycles. The highest BCUT2D eigenvalue weighted by Gasteiger charge is 2.20. The van der Waals surface area contributed by atoms with Gasteiger partial charge in [-0.05, 0) is 24.6 Å². The van der Waals surface area contributed by atoms with Crippen molar-refractivity contribution >= 4 is 6.03 Å². The average Bonchev–Trinajstić information content (AvgIpc) is 2.43. The molecule has 2 amide bonds. The Morgan fingerprint density at radius 1 is 1.25 bits per heavy atom. The van der Waals surface area contributed by atoms with Crippen molar-refractivity contribution < 1.29 is 19.4 Å². The maximum atomic E-state index is 11.6. The second-order valence-corrected chi connectivity index (χ2v) is 4.81. The summed E-state index contributed by atoms with van der Waals surface area (Å²) in [5.74, 6) is 0.772. The lowest BCUT2D eigenvalue weighted by atomic mass is 10.1. The van der Waals surface area contributed by atoms with Gasteiger partial charge < -0.3 is 25.2 Å². The number of ether oxygens (including phenoxy) is 2. The van der Waals surface area contributed by atoms with Crippen LogP contribution in [0.15, 0.2) is 24.3 Å². The van der Waals surface area contributed by atoms with E-state index in [1.165, 1.54) is 7.11 Å². The van der Waals surface area contributed by atoms with Crippen molar-refractivity contribution in [1.29, 1.82) is 0 Å². The number of benzene rings is 1. The minimum absolute atomic E-state index is 0.120. The van der Waals surface area contributed by atoms with E-state index >= 15 is 0 Å². The lowest BCUT2D eigenvalue weighted by Crippen LogP contribution is -2.46. The molecule has 0 radical (unpaired) electrons.